The Labute approximate surface area is 184 Å². The second-order valence-electron chi connectivity index (χ2n) is 7.59. The quantitative estimate of drug-likeness (QED) is 0.462. The number of nitrogens with zero attached hydrogens (tertiary/aromatic N) is 5. The van der Waals surface area contributed by atoms with Gasteiger partial charge in [0.25, 0.3) is 0 Å². The standard InChI is InChI=1S/C22H22N6O4/c29-28(30)20-21(25-17-4-2-1-3-5-17)23-14-24-22(20)27-10-8-26(9-11-27)13-16-6-7-18-19(12-16)32-15-31-18/h1-7,12,14H,8-11,13,15H2,(H,23,24,25). The van der Waals surface area contributed by atoms with E-state index < -0.39 is 4.92 Å². The fraction of sp³-hybridized carbons (Fsp3) is 0.273. The van der Waals surface area contributed by atoms with Crippen LogP contribution in [0.4, 0.5) is 23.0 Å². The minimum absolute atomic E-state index is 0.111. The van der Waals surface area contributed by atoms with Crippen molar-refractivity contribution >= 4 is 23.0 Å². The minimum atomic E-state index is -0.417. The molecule has 0 bridgehead atoms. The van der Waals surface area contributed by atoms with Gasteiger partial charge >= 0.3 is 5.69 Å². The molecule has 10 heteroatoms. The third-order valence-corrected chi connectivity index (χ3v) is 5.54. The average molecular weight is 434 g/mol. The SMILES string of the molecule is O=[N+]([O-])c1c(Nc2ccccc2)ncnc1N1CCN(Cc2ccc3c(c2)OCO3)CC1. The molecular formula is C22H22N6O4. The van der Waals surface area contributed by atoms with Crippen molar-refractivity contribution in [2.45, 2.75) is 6.54 Å². The van der Waals surface area contributed by atoms with E-state index in [9.17, 15) is 10.1 Å². The molecule has 1 saturated heterocycles. The number of anilines is 3. The third kappa shape index (κ3) is 4.12. The predicted octanol–water partition coefficient (Wildman–Crippen LogP) is 3.18. The van der Waals surface area contributed by atoms with Gasteiger partial charge in [0, 0.05) is 38.4 Å². The Morgan fingerprint density at radius 3 is 2.56 bits per heavy atom. The van der Waals surface area contributed by atoms with Gasteiger partial charge in [-0.25, -0.2) is 9.97 Å². The van der Waals surface area contributed by atoms with Crippen molar-refractivity contribution < 1.29 is 14.4 Å². The summed E-state index contributed by atoms with van der Waals surface area (Å²) in [6.07, 6.45) is 1.37. The zero-order valence-electron chi connectivity index (χ0n) is 17.3. The number of hydrogen-bond acceptors (Lipinski definition) is 9. The molecule has 0 saturated carbocycles. The summed E-state index contributed by atoms with van der Waals surface area (Å²) in [6.45, 7) is 3.82. The second kappa shape index (κ2) is 8.67. The van der Waals surface area contributed by atoms with Crippen molar-refractivity contribution in [1.82, 2.24) is 14.9 Å². The number of nitro groups is 1. The third-order valence-electron chi connectivity index (χ3n) is 5.54. The van der Waals surface area contributed by atoms with Crippen molar-refractivity contribution in [2.24, 2.45) is 0 Å². The van der Waals surface area contributed by atoms with Crippen LogP contribution in [-0.4, -0.2) is 52.8 Å². The molecule has 0 atom stereocenters. The number of rotatable bonds is 6. The summed E-state index contributed by atoms with van der Waals surface area (Å²) in [5.74, 6) is 2.07. The summed E-state index contributed by atoms with van der Waals surface area (Å²) in [5.41, 5.74) is 1.76. The molecule has 2 aliphatic rings. The van der Waals surface area contributed by atoms with Crippen LogP contribution < -0.4 is 19.7 Å². The topological polar surface area (TPSA) is 106 Å². The number of hydrogen-bond donors (Lipinski definition) is 1. The molecule has 1 fully saturated rings. The lowest BCUT2D eigenvalue weighted by Gasteiger charge is -2.35. The number of fused-ring (bicyclic) bond motifs is 1. The van der Waals surface area contributed by atoms with Gasteiger partial charge in [-0.2, -0.15) is 0 Å². The Balaban J connectivity index is 1.29. The fourth-order valence-electron chi connectivity index (χ4n) is 3.93. The number of benzene rings is 2. The second-order valence-corrected chi connectivity index (χ2v) is 7.59. The monoisotopic (exact) mass is 434 g/mol. The minimum Gasteiger partial charge on any atom is -0.454 e. The van der Waals surface area contributed by atoms with E-state index >= 15 is 0 Å². The molecule has 0 unspecified atom stereocenters. The van der Waals surface area contributed by atoms with Crippen LogP contribution in [0.1, 0.15) is 5.56 Å². The smallest absolute Gasteiger partial charge is 0.353 e. The summed E-state index contributed by atoms with van der Waals surface area (Å²) in [6, 6.07) is 15.2. The number of ether oxygens (including phenoxy) is 2. The van der Waals surface area contributed by atoms with Crippen LogP contribution in [0, 0.1) is 10.1 Å². The highest BCUT2D eigenvalue weighted by molar-refractivity contribution is 5.74. The fourth-order valence-corrected chi connectivity index (χ4v) is 3.93. The van der Waals surface area contributed by atoms with Crippen LogP contribution in [-0.2, 0) is 6.54 Å². The van der Waals surface area contributed by atoms with E-state index in [1.54, 1.807) is 0 Å². The van der Waals surface area contributed by atoms with E-state index in [1.807, 2.05) is 53.4 Å². The van der Waals surface area contributed by atoms with Gasteiger partial charge in [0.15, 0.2) is 11.5 Å². The Kier molecular flexibility index (Phi) is 5.42. The van der Waals surface area contributed by atoms with Crippen molar-refractivity contribution in [3.8, 4) is 11.5 Å². The van der Waals surface area contributed by atoms with Gasteiger partial charge in [0.1, 0.15) is 6.33 Å². The van der Waals surface area contributed by atoms with Gasteiger partial charge in [-0.3, -0.25) is 15.0 Å². The van der Waals surface area contributed by atoms with Crippen LogP contribution in [0.3, 0.4) is 0 Å². The van der Waals surface area contributed by atoms with Crippen LogP contribution in [0.2, 0.25) is 0 Å². The van der Waals surface area contributed by atoms with Gasteiger partial charge in [-0.05, 0) is 29.8 Å². The normalized spacial score (nSPS) is 15.6. The Morgan fingerprint density at radius 1 is 1.00 bits per heavy atom. The zero-order valence-corrected chi connectivity index (χ0v) is 17.3. The van der Waals surface area contributed by atoms with E-state index in [0.717, 1.165) is 42.4 Å². The van der Waals surface area contributed by atoms with Gasteiger partial charge in [-0.15, -0.1) is 0 Å². The van der Waals surface area contributed by atoms with E-state index in [4.69, 9.17) is 9.47 Å². The molecule has 32 heavy (non-hydrogen) atoms. The highest BCUT2D eigenvalue weighted by Crippen LogP contribution is 2.35. The first-order valence-corrected chi connectivity index (χ1v) is 10.3. The lowest BCUT2D eigenvalue weighted by molar-refractivity contribution is -0.383. The first-order valence-electron chi connectivity index (χ1n) is 10.3. The van der Waals surface area contributed by atoms with Crippen molar-refractivity contribution in [3.63, 3.8) is 0 Å². The van der Waals surface area contributed by atoms with Crippen LogP contribution in [0.15, 0.2) is 54.9 Å². The molecule has 0 spiro atoms. The molecule has 0 radical (unpaired) electrons. The summed E-state index contributed by atoms with van der Waals surface area (Å²) >= 11 is 0. The molecule has 164 valence electrons. The van der Waals surface area contributed by atoms with Gasteiger partial charge < -0.3 is 19.7 Å². The molecule has 0 amide bonds. The number of para-hydroxylation sites is 1. The molecule has 5 rings (SSSR count). The van der Waals surface area contributed by atoms with E-state index in [0.29, 0.717) is 18.9 Å². The van der Waals surface area contributed by atoms with Gasteiger partial charge in [-0.1, -0.05) is 24.3 Å². The lowest BCUT2D eigenvalue weighted by atomic mass is 10.1. The Hall–Kier alpha value is -3.92. The maximum absolute atomic E-state index is 11.9. The van der Waals surface area contributed by atoms with Crippen molar-refractivity contribution in [1.29, 1.82) is 0 Å². The molecule has 0 aliphatic carbocycles. The van der Waals surface area contributed by atoms with Crippen molar-refractivity contribution in [3.05, 3.63) is 70.5 Å². The Bertz CT molecular complexity index is 1120. The molecule has 2 aromatic carbocycles. The molecule has 3 aromatic rings. The van der Waals surface area contributed by atoms with Gasteiger partial charge in [0.2, 0.25) is 18.4 Å². The maximum atomic E-state index is 11.9. The van der Waals surface area contributed by atoms with E-state index in [-0.39, 0.29) is 18.3 Å². The van der Waals surface area contributed by atoms with Gasteiger partial charge in [0.05, 0.1) is 4.92 Å². The summed E-state index contributed by atoms with van der Waals surface area (Å²) in [4.78, 5) is 24.1. The van der Waals surface area contributed by atoms with Crippen LogP contribution in [0.25, 0.3) is 0 Å². The highest BCUT2D eigenvalue weighted by Gasteiger charge is 2.29. The molecule has 3 heterocycles. The van der Waals surface area contributed by atoms with Crippen LogP contribution >= 0.6 is 0 Å². The summed E-state index contributed by atoms with van der Waals surface area (Å²) in [7, 11) is 0. The molecular weight excluding hydrogens is 412 g/mol. The number of aromatic nitrogens is 2. The molecule has 10 nitrogen and oxygen atoms in total. The Morgan fingerprint density at radius 2 is 1.78 bits per heavy atom. The average Bonchev–Trinajstić information content (AvgIpc) is 3.28. The maximum Gasteiger partial charge on any atom is 0.353 e. The number of piperazine rings is 1. The number of nitrogens with one attached hydrogen (secondary N) is 1. The molecule has 1 N–H and O–H groups in total. The highest BCUT2D eigenvalue weighted by atomic mass is 16.7. The predicted molar refractivity (Wildman–Crippen MR) is 118 cm³/mol. The van der Waals surface area contributed by atoms with Crippen molar-refractivity contribution in [2.75, 3.05) is 43.2 Å². The largest absolute Gasteiger partial charge is 0.454 e. The van der Waals surface area contributed by atoms with E-state index in [2.05, 4.69) is 20.2 Å². The van der Waals surface area contributed by atoms with E-state index in [1.165, 1.54) is 6.33 Å². The molecule has 1 aromatic heterocycles. The zero-order chi connectivity index (χ0) is 21.9. The lowest BCUT2D eigenvalue weighted by Crippen LogP contribution is -2.46. The first-order chi connectivity index (χ1) is 15.7. The van der Waals surface area contributed by atoms with Crippen LogP contribution in [0.5, 0.6) is 11.5 Å². The summed E-state index contributed by atoms with van der Waals surface area (Å²) < 4.78 is 10.8. The first kappa shape index (κ1) is 20.0. The summed E-state index contributed by atoms with van der Waals surface area (Å²) in [5, 5.41) is 14.9. The molecule has 2 aliphatic heterocycles.